The molecule has 3 aromatic rings. The van der Waals surface area contributed by atoms with Gasteiger partial charge in [-0.05, 0) is 41.6 Å². The fraction of sp³-hybridized carbons (Fsp3) is 0.100. The fourth-order valence-electron chi connectivity index (χ4n) is 1.50. The summed E-state index contributed by atoms with van der Waals surface area (Å²) in [7, 11) is 0. The number of aromatic nitrogens is 4. The number of aryl methyl sites for hydroxylation is 1. The van der Waals surface area contributed by atoms with Crippen LogP contribution in [0, 0.1) is 10.6 Å². The lowest BCUT2D eigenvalue weighted by atomic mass is 10.3. The molecule has 0 aliphatic heterocycles. The summed E-state index contributed by atoms with van der Waals surface area (Å²) < 4.78 is 3.14. The number of rotatable bonds is 1. The second-order valence-electron chi connectivity index (χ2n) is 3.35. The van der Waals surface area contributed by atoms with Gasteiger partial charge in [-0.1, -0.05) is 11.3 Å². The van der Waals surface area contributed by atoms with Crippen molar-refractivity contribution < 1.29 is 0 Å². The highest BCUT2D eigenvalue weighted by atomic mass is 127. The highest BCUT2D eigenvalue weighted by molar-refractivity contribution is 14.1. The summed E-state index contributed by atoms with van der Waals surface area (Å²) in [5.74, 6) is 0. The minimum absolute atomic E-state index is 0.940. The lowest BCUT2D eigenvalue weighted by Crippen LogP contribution is -1.87. The molecule has 0 amide bonds. The van der Waals surface area contributed by atoms with Crippen LogP contribution in [0.15, 0.2) is 24.5 Å². The van der Waals surface area contributed by atoms with E-state index in [2.05, 4.69) is 37.8 Å². The van der Waals surface area contributed by atoms with Crippen molar-refractivity contribution in [1.82, 2.24) is 19.6 Å². The van der Waals surface area contributed by atoms with Gasteiger partial charge in [-0.15, -0.1) is 10.2 Å². The Labute approximate surface area is 110 Å². The molecule has 0 radical (unpaired) electrons. The summed E-state index contributed by atoms with van der Waals surface area (Å²) in [5, 5.41) is 10.1. The summed E-state index contributed by atoms with van der Waals surface area (Å²) >= 11 is 3.85. The van der Waals surface area contributed by atoms with Gasteiger partial charge in [0.2, 0.25) is 0 Å². The molecule has 0 fully saturated rings. The number of hydrogen-bond acceptors (Lipinski definition) is 4. The van der Waals surface area contributed by atoms with Gasteiger partial charge in [0.25, 0.3) is 0 Å². The van der Waals surface area contributed by atoms with E-state index in [-0.39, 0.29) is 0 Å². The Bertz CT molecular complexity index is 658. The molecule has 3 aromatic heterocycles. The smallest absolute Gasteiger partial charge is 0.147 e. The molecule has 0 unspecified atom stereocenters. The van der Waals surface area contributed by atoms with Gasteiger partial charge in [0.05, 0.1) is 6.20 Å². The fourth-order valence-corrected chi connectivity index (χ4v) is 2.73. The summed E-state index contributed by atoms with van der Waals surface area (Å²) in [6, 6.07) is 4.07. The van der Waals surface area contributed by atoms with Crippen LogP contribution >= 0.6 is 33.9 Å². The third-order valence-corrected chi connectivity index (χ3v) is 3.93. The monoisotopic (exact) mass is 342 g/mol. The van der Waals surface area contributed by atoms with Gasteiger partial charge in [0.15, 0.2) is 0 Å². The van der Waals surface area contributed by atoms with E-state index in [1.54, 1.807) is 11.3 Å². The molecule has 0 aliphatic carbocycles. The molecule has 3 heterocycles. The Balaban J connectivity index is 2.18. The van der Waals surface area contributed by atoms with Gasteiger partial charge >= 0.3 is 0 Å². The van der Waals surface area contributed by atoms with Crippen LogP contribution in [-0.4, -0.2) is 19.6 Å². The normalized spacial score (nSPS) is 11.1. The topological polar surface area (TPSA) is 43.1 Å². The molecule has 4 nitrogen and oxygen atoms in total. The molecule has 0 atom stereocenters. The molecule has 0 saturated heterocycles. The maximum absolute atomic E-state index is 4.32. The highest BCUT2D eigenvalue weighted by Gasteiger charge is 2.06. The maximum Gasteiger partial charge on any atom is 0.147 e. The van der Waals surface area contributed by atoms with Crippen molar-refractivity contribution in [3.05, 3.63) is 33.2 Å². The summed E-state index contributed by atoms with van der Waals surface area (Å²) in [4.78, 5) is 4.32. The van der Waals surface area contributed by atoms with E-state index >= 15 is 0 Å². The molecule has 0 aromatic carbocycles. The summed E-state index contributed by atoms with van der Waals surface area (Å²) in [6.45, 7) is 1.96. The Hall–Kier alpha value is -1.02. The zero-order chi connectivity index (χ0) is 11.1. The van der Waals surface area contributed by atoms with Crippen LogP contribution in [0.5, 0.6) is 0 Å². The maximum atomic E-state index is 4.32. The standard InChI is InChI=1S/C10H7IN4S/c1-6-13-14-10(16-6)7-2-3-15-8(11)5-12-9(15)4-7/h2-5H,1H3. The van der Waals surface area contributed by atoms with Gasteiger partial charge in [-0.2, -0.15) is 0 Å². The number of imidazole rings is 1. The third kappa shape index (κ3) is 1.61. The van der Waals surface area contributed by atoms with Crippen molar-refractivity contribution in [1.29, 1.82) is 0 Å². The average molecular weight is 342 g/mol. The van der Waals surface area contributed by atoms with Crippen LogP contribution in [-0.2, 0) is 0 Å². The Morgan fingerprint density at radius 3 is 3.00 bits per heavy atom. The van der Waals surface area contributed by atoms with E-state index in [9.17, 15) is 0 Å². The average Bonchev–Trinajstić information content (AvgIpc) is 2.86. The number of hydrogen-bond donors (Lipinski definition) is 0. The van der Waals surface area contributed by atoms with Crippen LogP contribution < -0.4 is 0 Å². The van der Waals surface area contributed by atoms with E-state index in [0.29, 0.717) is 0 Å². The SMILES string of the molecule is Cc1nnc(-c2ccn3c(I)cnc3c2)s1. The predicted molar refractivity (Wildman–Crippen MR) is 71.5 cm³/mol. The van der Waals surface area contributed by atoms with Gasteiger partial charge in [0.1, 0.15) is 19.4 Å². The van der Waals surface area contributed by atoms with Crippen LogP contribution in [0.3, 0.4) is 0 Å². The largest absolute Gasteiger partial charge is 0.295 e. The molecule has 3 rings (SSSR count). The lowest BCUT2D eigenvalue weighted by Gasteiger charge is -1.97. The van der Waals surface area contributed by atoms with Crippen LogP contribution in [0.2, 0.25) is 0 Å². The van der Waals surface area contributed by atoms with Crippen molar-refractivity contribution >= 4 is 39.6 Å². The first-order chi connectivity index (χ1) is 7.74. The number of halogens is 1. The minimum Gasteiger partial charge on any atom is -0.295 e. The zero-order valence-corrected chi connectivity index (χ0v) is 11.4. The quantitative estimate of drug-likeness (QED) is 0.639. The molecule has 0 aliphatic rings. The molecular weight excluding hydrogens is 335 g/mol. The first-order valence-electron chi connectivity index (χ1n) is 4.67. The first-order valence-corrected chi connectivity index (χ1v) is 6.56. The second-order valence-corrected chi connectivity index (χ2v) is 5.64. The Morgan fingerprint density at radius 1 is 1.38 bits per heavy atom. The Kier molecular flexibility index (Phi) is 2.40. The third-order valence-electron chi connectivity index (χ3n) is 2.24. The van der Waals surface area contributed by atoms with Crippen molar-refractivity contribution in [2.24, 2.45) is 0 Å². The Morgan fingerprint density at radius 2 is 2.25 bits per heavy atom. The molecular formula is C10H7IN4S. The molecule has 0 bridgehead atoms. The van der Waals surface area contributed by atoms with E-state index in [4.69, 9.17) is 0 Å². The van der Waals surface area contributed by atoms with Crippen molar-refractivity contribution in [3.63, 3.8) is 0 Å². The minimum atomic E-state index is 0.940. The molecule has 0 saturated carbocycles. The van der Waals surface area contributed by atoms with Crippen molar-refractivity contribution in [2.45, 2.75) is 6.92 Å². The second kappa shape index (κ2) is 3.77. The van der Waals surface area contributed by atoms with Gasteiger partial charge in [-0.3, -0.25) is 4.40 Å². The lowest BCUT2D eigenvalue weighted by molar-refractivity contribution is 1.05. The van der Waals surface area contributed by atoms with E-state index in [1.165, 1.54) is 0 Å². The molecule has 0 spiro atoms. The van der Waals surface area contributed by atoms with Crippen LogP contribution in [0.4, 0.5) is 0 Å². The van der Waals surface area contributed by atoms with Gasteiger partial charge in [-0.25, -0.2) is 4.98 Å². The number of fused-ring (bicyclic) bond motifs is 1. The predicted octanol–water partition coefficient (Wildman–Crippen LogP) is 2.77. The van der Waals surface area contributed by atoms with Crippen LogP contribution in [0.25, 0.3) is 16.2 Å². The van der Waals surface area contributed by atoms with E-state index < -0.39 is 0 Å². The van der Waals surface area contributed by atoms with Crippen molar-refractivity contribution in [3.8, 4) is 10.6 Å². The van der Waals surface area contributed by atoms with Gasteiger partial charge in [0, 0.05) is 11.8 Å². The molecule has 16 heavy (non-hydrogen) atoms. The van der Waals surface area contributed by atoms with Gasteiger partial charge < -0.3 is 0 Å². The molecule has 0 N–H and O–H groups in total. The van der Waals surface area contributed by atoms with Crippen LogP contribution in [0.1, 0.15) is 5.01 Å². The van der Waals surface area contributed by atoms with Crippen molar-refractivity contribution in [2.75, 3.05) is 0 Å². The van der Waals surface area contributed by atoms with E-state index in [1.807, 2.05) is 35.9 Å². The summed E-state index contributed by atoms with van der Waals surface area (Å²) in [6.07, 6.45) is 3.86. The highest BCUT2D eigenvalue weighted by Crippen LogP contribution is 2.24. The molecule has 6 heteroatoms. The summed E-state index contributed by atoms with van der Waals surface area (Å²) in [5.41, 5.74) is 2.01. The molecule has 80 valence electrons. The number of nitrogens with zero attached hydrogens (tertiary/aromatic N) is 4. The zero-order valence-electron chi connectivity index (χ0n) is 8.38. The van der Waals surface area contributed by atoms with E-state index in [0.717, 1.165) is 24.9 Å². The number of pyridine rings is 1. The first kappa shape index (κ1) is 10.2.